The zero-order valence-corrected chi connectivity index (χ0v) is 9.90. The van der Waals surface area contributed by atoms with Crippen LogP contribution in [0, 0.1) is 0 Å². The predicted molar refractivity (Wildman–Crippen MR) is 62.3 cm³/mol. The first-order valence-electron chi connectivity index (χ1n) is 4.95. The van der Waals surface area contributed by atoms with Gasteiger partial charge >= 0.3 is 0 Å². The second-order valence-corrected chi connectivity index (χ2v) is 4.04. The summed E-state index contributed by atoms with van der Waals surface area (Å²) >= 11 is 0. The molecule has 2 saturated heterocycles. The highest BCUT2D eigenvalue weighted by atomic mass is 35.5. The topological polar surface area (TPSA) is 49.5 Å². The Morgan fingerprint density at radius 3 is 2.07 bits per heavy atom. The Hall–Kier alpha value is 0.460. The second kappa shape index (κ2) is 6.13. The molecule has 0 amide bonds. The summed E-state index contributed by atoms with van der Waals surface area (Å²) in [5.41, 5.74) is 5.54. The molecule has 3 N–H and O–H groups in total. The molecular formula is C9H20Cl2N2O. The average Bonchev–Trinajstić information content (AvgIpc) is 2.32. The summed E-state index contributed by atoms with van der Waals surface area (Å²) < 4.78 is 0. The third-order valence-corrected chi connectivity index (χ3v) is 3.25. The molecule has 86 valence electrons. The standard InChI is InChI=1S/C9H18N2O.2ClH/c10-3-4-11-7-1-2-8(11)6-9(12)5-7;;/h7-9,12H,1-6,10H2;2*1H. The first-order valence-corrected chi connectivity index (χ1v) is 4.95. The SMILES string of the molecule is Cl.Cl.NCCN1C2CCC1CC(O)C2. The lowest BCUT2D eigenvalue weighted by molar-refractivity contribution is 0.0373. The average molecular weight is 243 g/mol. The van der Waals surface area contributed by atoms with E-state index in [-0.39, 0.29) is 30.9 Å². The van der Waals surface area contributed by atoms with Crippen LogP contribution in [0.4, 0.5) is 0 Å². The minimum Gasteiger partial charge on any atom is -0.393 e. The molecule has 0 spiro atoms. The van der Waals surface area contributed by atoms with Gasteiger partial charge < -0.3 is 10.8 Å². The maximum atomic E-state index is 9.52. The van der Waals surface area contributed by atoms with Crippen molar-refractivity contribution in [2.45, 2.75) is 43.9 Å². The van der Waals surface area contributed by atoms with E-state index in [0.717, 1.165) is 25.9 Å². The fraction of sp³-hybridized carbons (Fsp3) is 1.00. The summed E-state index contributed by atoms with van der Waals surface area (Å²) in [7, 11) is 0. The molecule has 0 aromatic rings. The maximum Gasteiger partial charge on any atom is 0.0570 e. The molecule has 2 unspecified atom stereocenters. The van der Waals surface area contributed by atoms with Crippen molar-refractivity contribution in [3.63, 3.8) is 0 Å². The number of halogens is 2. The number of hydrogen-bond acceptors (Lipinski definition) is 3. The van der Waals surface area contributed by atoms with Crippen LogP contribution in [-0.2, 0) is 0 Å². The van der Waals surface area contributed by atoms with Crippen LogP contribution in [-0.4, -0.2) is 41.3 Å². The van der Waals surface area contributed by atoms with E-state index in [2.05, 4.69) is 4.90 Å². The molecule has 0 aromatic carbocycles. The van der Waals surface area contributed by atoms with E-state index in [1.54, 1.807) is 0 Å². The van der Waals surface area contributed by atoms with Gasteiger partial charge in [0.2, 0.25) is 0 Å². The van der Waals surface area contributed by atoms with E-state index in [1.165, 1.54) is 12.8 Å². The lowest BCUT2D eigenvalue weighted by atomic mass is 10.00. The molecule has 0 radical (unpaired) electrons. The summed E-state index contributed by atoms with van der Waals surface area (Å²) in [6.45, 7) is 1.77. The van der Waals surface area contributed by atoms with Crippen molar-refractivity contribution < 1.29 is 5.11 Å². The fourth-order valence-electron chi connectivity index (χ4n) is 2.76. The quantitative estimate of drug-likeness (QED) is 0.753. The van der Waals surface area contributed by atoms with Crippen LogP contribution < -0.4 is 5.73 Å². The number of nitrogens with zero attached hydrogens (tertiary/aromatic N) is 1. The van der Waals surface area contributed by atoms with Gasteiger partial charge in [0.1, 0.15) is 0 Å². The van der Waals surface area contributed by atoms with E-state index >= 15 is 0 Å². The van der Waals surface area contributed by atoms with Gasteiger partial charge in [0.15, 0.2) is 0 Å². The third kappa shape index (κ3) is 2.74. The van der Waals surface area contributed by atoms with Gasteiger partial charge in [-0.15, -0.1) is 24.8 Å². The minimum atomic E-state index is -0.0449. The van der Waals surface area contributed by atoms with E-state index in [4.69, 9.17) is 5.73 Å². The van der Waals surface area contributed by atoms with Crippen molar-refractivity contribution in [1.29, 1.82) is 0 Å². The molecule has 3 nitrogen and oxygen atoms in total. The number of fused-ring (bicyclic) bond motifs is 2. The van der Waals surface area contributed by atoms with Gasteiger partial charge in [-0.05, 0) is 25.7 Å². The van der Waals surface area contributed by atoms with Crippen LogP contribution in [0.15, 0.2) is 0 Å². The summed E-state index contributed by atoms with van der Waals surface area (Å²) in [6.07, 6.45) is 4.42. The highest BCUT2D eigenvalue weighted by molar-refractivity contribution is 5.85. The molecule has 0 saturated carbocycles. The molecule has 2 atom stereocenters. The van der Waals surface area contributed by atoms with Crippen LogP contribution in [0.2, 0.25) is 0 Å². The van der Waals surface area contributed by atoms with Crippen molar-refractivity contribution in [3.8, 4) is 0 Å². The molecule has 2 bridgehead atoms. The Kier molecular flexibility index (Phi) is 6.33. The third-order valence-electron chi connectivity index (χ3n) is 3.25. The smallest absolute Gasteiger partial charge is 0.0570 e. The first kappa shape index (κ1) is 14.5. The summed E-state index contributed by atoms with van der Waals surface area (Å²) in [4.78, 5) is 2.49. The highest BCUT2D eigenvalue weighted by Crippen LogP contribution is 2.34. The van der Waals surface area contributed by atoms with Crippen LogP contribution in [0.1, 0.15) is 25.7 Å². The van der Waals surface area contributed by atoms with E-state index in [1.807, 2.05) is 0 Å². The first-order chi connectivity index (χ1) is 5.81. The molecule has 2 aliphatic rings. The maximum absolute atomic E-state index is 9.52. The van der Waals surface area contributed by atoms with Gasteiger partial charge in [-0.3, -0.25) is 4.90 Å². The lowest BCUT2D eigenvalue weighted by Gasteiger charge is -2.36. The Labute approximate surface area is 97.8 Å². The number of aliphatic hydroxyl groups is 1. The lowest BCUT2D eigenvalue weighted by Crippen LogP contribution is -2.46. The number of aliphatic hydroxyl groups excluding tert-OH is 1. The van der Waals surface area contributed by atoms with Crippen molar-refractivity contribution >= 4 is 24.8 Å². The zero-order chi connectivity index (χ0) is 8.55. The number of nitrogens with two attached hydrogens (primary N) is 1. The Bertz CT molecular complexity index is 157. The van der Waals surface area contributed by atoms with E-state index in [9.17, 15) is 5.11 Å². The summed E-state index contributed by atoms with van der Waals surface area (Å²) in [5, 5.41) is 9.52. The van der Waals surface area contributed by atoms with E-state index < -0.39 is 0 Å². The van der Waals surface area contributed by atoms with Crippen molar-refractivity contribution in [3.05, 3.63) is 0 Å². The van der Waals surface area contributed by atoms with Crippen molar-refractivity contribution in [2.24, 2.45) is 5.73 Å². The van der Waals surface area contributed by atoms with Gasteiger partial charge in [0.25, 0.3) is 0 Å². The number of rotatable bonds is 2. The van der Waals surface area contributed by atoms with Gasteiger partial charge in [-0.2, -0.15) is 0 Å². The molecule has 2 aliphatic heterocycles. The van der Waals surface area contributed by atoms with Gasteiger partial charge in [-0.25, -0.2) is 0 Å². The van der Waals surface area contributed by atoms with Crippen molar-refractivity contribution in [2.75, 3.05) is 13.1 Å². The van der Waals surface area contributed by atoms with Crippen LogP contribution in [0.5, 0.6) is 0 Å². The van der Waals surface area contributed by atoms with Crippen LogP contribution >= 0.6 is 24.8 Å². The molecule has 14 heavy (non-hydrogen) atoms. The molecule has 5 heteroatoms. The monoisotopic (exact) mass is 242 g/mol. The molecule has 2 heterocycles. The zero-order valence-electron chi connectivity index (χ0n) is 8.26. The second-order valence-electron chi connectivity index (χ2n) is 4.04. The Morgan fingerprint density at radius 2 is 1.64 bits per heavy atom. The molecular weight excluding hydrogens is 223 g/mol. The predicted octanol–water partition coefficient (Wildman–Crippen LogP) is 0.776. The minimum absolute atomic E-state index is 0. The highest BCUT2D eigenvalue weighted by Gasteiger charge is 2.39. The van der Waals surface area contributed by atoms with E-state index in [0.29, 0.717) is 12.1 Å². The largest absolute Gasteiger partial charge is 0.393 e. The molecule has 2 fully saturated rings. The fourth-order valence-corrected chi connectivity index (χ4v) is 2.76. The normalized spacial score (nSPS) is 36.0. The summed E-state index contributed by atoms with van der Waals surface area (Å²) in [5.74, 6) is 0. The van der Waals surface area contributed by atoms with Gasteiger partial charge in [0, 0.05) is 25.2 Å². The Balaban J connectivity index is 0.000000845. The van der Waals surface area contributed by atoms with Crippen molar-refractivity contribution in [1.82, 2.24) is 4.90 Å². The Morgan fingerprint density at radius 1 is 1.14 bits per heavy atom. The molecule has 0 aromatic heterocycles. The van der Waals surface area contributed by atoms with Crippen LogP contribution in [0.3, 0.4) is 0 Å². The summed E-state index contributed by atoms with van der Waals surface area (Å²) in [6, 6.07) is 1.25. The number of hydrogen-bond donors (Lipinski definition) is 2. The molecule has 0 aliphatic carbocycles. The van der Waals surface area contributed by atoms with Crippen LogP contribution in [0.25, 0.3) is 0 Å². The molecule has 2 rings (SSSR count). The van der Waals surface area contributed by atoms with Gasteiger partial charge in [-0.1, -0.05) is 0 Å². The van der Waals surface area contributed by atoms with Gasteiger partial charge in [0.05, 0.1) is 6.10 Å². The number of piperidine rings is 1.